The number of benzene rings is 3. The fourth-order valence-electron chi connectivity index (χ4n) is 5.52. The molecule has 7 heteroatoms. The number of hydrogen-bond acceptors (Lipinski definition) is 3. The fourth-order valence-corrected chi connectivity index (χ4v) is 5.94. The topological polar surface area (TPSA) is 65.6 Å². The lowest BCUT2D eigenvalue weighted by molar-refractivity contribution is -0.159. The van der Waals surface area contributed by atoms with Gasteiger partial charge in [0.2, 0.25) is 11.8 Å². The number of aromatic nitrogens is 1. The number of H-pyrrole nitrogens is 1. The molecule has 1 fully saturated rings. The zero-order valence-corrected chi connectivity index (χ0v) is 20.8. The summed E-state index contributed by atoms with van der Waals surface area (Å²) >= 11 is 3.58. The smallest absolute Gasteiger partial charge is 0.246 e. The predicted molar refractivity (Wildman–Crippen MR) is 137 cm³/mol. The van der Waals surface area contributed by atoms with Crippen LogP contribution in [-0.2, 0) is 22.6 Å². The number of carbonyl (C=O) groups is 2. The van der Waals surface area contributed by atoms with Crippen LogP contribution in [0.1, 0.15) is 28.4 Å². The number of nitrogens with zero attached hydrogens (tertiary/aromatic N) is 2. The van der Waals surface area contributed by atoms with Gasteiger partial charge in [-0.05, 0) is 35.4 Å². The van der Waals surface area contributed by atoms with Crippen molar-refractivity contribution in [2.75, 3.05) is 13.7 Å². The van der Waals surface area contributed by atoms with Crippen LogP contribution in [0, 0.1) is 0 Å². The van der Waals surface area contributed by atoms with Gasteiger partial charge in [0, 0.05) is 39.6 Å². The number of halogens is 1. The second-order valence-corrected chi connectivity index (χ2v) is 9.96. The summed E-state index contributed by atoms with van der Waals surface area (Å²) in [6.45, 7) is 0.370. The lowest BCUT2D eigenvalue weighted by Crippen LogP contribution is -2.62. The first-order chi connectivity index (χ1) is 17.0. The van der Waals surface area contributed by atoms with Crippen molar-refractivity contribution in [3.8, 4) is 5.75 Å². The van der Waals surface area contributed by atoms with E-state index >= 15 is 0 Å². The minimum atomic E-state index is -0.568. The molecule has 3 heterocycles. The number of ether oxygens (including phenoxy) is 1. The number of para-hydroxylation sites is 2. The average Bonchev–Trinajstić information content (AvgIpc) is 3.24. The zero-order chi connectivity index (χ0) is 24.1. The van der Waals surface area contributed by atoms with E-state index in [0.29, 0.717) is 18.7 Å². The predicted octanol–water partition coefficient (Wildman–Crippen LogP) is 4.82. The maximum absolute atomic E-state index is 13.9. The van der Waals surface area contributed by atoms with Crippen LogP contribution < -0.4 is 4.74 Å². The highest BCUT2D eigenvalue weighted by Crippen LogP contribution is 2.43. The Bertz CT molecular complexity index is 1460. The molecule has 0 unspecified atom stereocenters. The monoisotopic (exact) mass is 529 g/mol. The molecule has 6 rings (SSSR count). The molecule has 2 aliphatic heterocycles. The van der Waals surface area contributed by atoms with Gasteiger partial charge in [-0.15, -0.1) is 0 Å². The van der Waals surface area contributed by atoms with Gasteiger partial charge in [-0.25, -0.2) is 0 Å². The number of fused-ring (bicyclic) bond motifs is 4. The van der Waals surface area contributed by atoms with Crippen LogP contribution in [0.5, 0.6) is 5.75 Å². The van der Waals surface area contributed by atoms with Crippen molar-refractivity contribution >= 4 is 38.6 Å². The molecule has 0 saturated carbocycles. The Hall–Kier alpha value is -3.58. The van der Waals surface area contributed by atoms with Gasteiger partial charge < -0.3 is 19.5 Å². The van der Waals surface area contributed by atoms with E-state index in [9.17, 15) is 9.59 Å². The van der Waals surface area contributed by atoms with Crippen LogP contribution in [0.4, 0.5) is 0 Å². The van der Waals surface area contributed by atoms with Gasteiger partial charge in [-0.2, -0.15) is 0 Å². The SMILES string of the molecule is COc1ccccc1CN1CC(=O)N2[C@H](c3cccc(Br)c3)c3[nH]c4ccccc4c3C[C@H]2C1=O. The summed E-state index contributed by atoms with van der Waals surface area (Å²) in [5.41, 5.74) is 4.96. The van der Waals surface area contributed by atoms with Crippen molar-refractivity contribution in [2.45, 2.75) is 25.0 Å². The summed E-state index contributed by atoms with van der Waals surface area (Å²) in [7, 11) is 1.62. The van der Waals surface area contributed by atoms with Crippen LogP contribution in [-0.4, -0.2) is 46.3 Å². The quantitative estimate of drug-likeness (QED) is 0.412. The van der Waals surface area contributed by atoms with Gasteiger partial charge in [0.15, 0.2) is 0 Å². The zero-order valence-electron chi connectivity index (χ0n) is 19.2. The molecule has 1 aromatic heterocycles. The summed E-state index contributed by atoms with van der Waals surface area (Å²) in [6.07, 6.45) is 0.483. The first kappa shape index (κ1) is 21.9. The second kappa shape index (κ2) is 8.57. The van der Waals surface area contributed by atoms with Gasteiger partial charge in [0.1, 0.15) is 18.3 Å². The van der Waals surface area contributed by atoms with Gasteiger partial charge in [-0.3, -0.25) is 9.59 Å². The summed E-state index contributed by atoms with van der Waals surface area (Å²) in [5.74, 6) is 0.620. The molecule has 2 atom stereocenters. The Morgan fingerprint density at radius 3 is 2.66 bits per heavy atom. The first-order valence-electron chi connectivity index (χ1n) is 11.6. The molecule has 2 aliphatic rings. The van der Waals surface area contributed by atoms with E-state index in [1.165, 1.54) is 0 Å². The van der Waals surface area contributed by atoms with Crippen molar-refractivity contribution < 1.29 is 14.3 Å². The number of hydrogen-bond donors (Lipinski definition) is 1. The molecule has 176 valence electrons. The summed E-state index contributed by atoms with van der Waals surface area (Å²) < 4.78 is 6.42. The van der Waals surface area contributed by atoms with Gasteiger partial charge in [-0.1, -0.05) is 64.5 Å². The Kier molecular flexibility index (Phi) is 5.37. The number of aromatic amines is 1. The molecule has 1 saturated heterocycles. The molecular weight excluding hydrogens is 506 g/mol. The summed E-state index contributed by atoms with van der Waals surface area (Å²) in [4.78, 5) is 34.6. The molecule has 3 aromatic carbocycles. The maximum atomic E-state index is 13.9. The van der Waals surface area contributed by atoms with Crippen LogP contribution >= 0.6 is 15.9 Å². The number of rotatable bonds is 4. The lowest BCUT2D eigenvalue weighted by Gasteiger charge is -2.47. The number of methoxy groups -OCH3 is 1. The summed E-state index contributed by atoms with van der Waals surface area (Å²) in [5, 5.41) is 1.10. The largest absolute Gasteiger partial charge is 0.496 e. The van der Waals surface area contributed by atoms with E-state index in [1.807, 2.05) is 66.7 Å². The second-order valence-electron chi connectivity index (χ2n) is 9.05. The van der Waals surface area contributed by atoms with Crippen molar-refractivity contribution in [3.05, 3.63) is 99.7 Å². The average molecular weight is 530 g/mol. The van der Waals surface area contributed by atoms with E-state index in [4.69, 9.17) is 4.74 Å². The van der Waals surface area contributed by atoms with Crippen LogP contribution in [0.15, 0.2) is 77.3 Å². The molecule has 35 heavy (non-hydrogen) atoms. The van der Waals surface area contributed by atoms with E-state index in [2.05, 4.69) is 27.0 Å². The van der Waals surface area contributed by atoms with Crippen LogP contribution in [0.25, 0.3) is 10.9 Å². The molecule has 4 aromatic rings. The van der Waals surface area contributed by atoms with Crippen molar-refractivity contribution in [3.63, 3.8) is 0 Å². The molecule has 0 bridgehead atoms. The van der Waals surface area contributed by atoms with E-state index in [1.54, 1.807) is 16.9 Å². The minimum absolute atomic E-state index is 0.0352. The Morgan fingerprint density at radius 2 is 1.83 bits per heavy atom. The van der Waals surface area contributed by atoms with E-state index < -0.39 is 6.04 Å². The van der Waals surface area contributed by atoms with Gasteiger partial charge >= 0.3 is 0 Å². The van der Waals surface area contributed by atoms with Crippen molar-refractivity contribution in [1.29, 1.82) is 0 Å². The van der Waals surface area contributed by atoms with Crippen LogP contribution in [0.3, 0.4) is 0 Å². The fraction of sp³-hybridized carbons (Fsp3) is 0.214. The first-order valence-corrected chi connectivity index (χ1v) is 12.4. The molecule has 2 amide bonds. The number of piperazine rings is 1. The molecule has 1 N–H and O–H groups in total. The number of amides is 2. The highest BCUT2D eigenvalue weighted by molar-refractivity contribution is 9.10. The van der Waals surface area contributed by atoms with Crippen molar-refractivity contribution in [1.82, 2.24) is 14.8 Å². The minimum Gasteiger partial charge on any atom is -0.496 e. The van der Waals surface area contributed by atoms with Gasteiger partial charge in [0.05, 0.1) is 13.2 Å². The molecule has 0 spiro atoms. The lowest BCUT2D eigenvalue weighted by atomic mass is 9.86. The van der Waals surface area contributed by atoms with Gasteiger partial charge in [0.25, 0.3) is 0 Å². The molecule has 6 nitrogen and oxygen atoms in total. The standard InChI is InChI=1S/C28H24BrN3O3/c1-35-24-12-5-2-7-18(24)15-31-16-25(33)32-23(28(31)34)14-21-20-10-3-4-11-22(20)30-26(21)27(32)17-8-6-9-19(29)13-17/h2-13,23,27,30H,14-16H2,1H3/t23-,27+/m0/s1. The highest BCUT2D eigenvalue weighted by atomic mass is 79.9. The van der Waals surface area contributed by atoms with Crippen molar-refractivity contribution in [2.24, 2.45) is 0 Å². The summed E-state index contributed by atoms with van der Waals surface area (Å²) in [6, 6.07) is 22.8. The molecule has 0 aliphatic carbocycles. The Balaban J connectivity index is 1.45. The van der Waals surface area contributed by atoms with Crippen LogP contribution in [0.2, 0.25) is 0 Å². The Labute approximate surface area is 211 Å². The third kappa shape index (κ3) is 3.62. The van der Waals surface area contributed by atoms with E-state index in [-0.39, 0.29) is 24.4 Å². The Morgan fingerprint density at radius 1 is 1.03 bits per heavy atom. The normalized spacial score (nSPS) is 19.6. The molecular formula is C28H24BrN3O3. The number of carbonyl (C=O) groups excluding carboxylic acids is 2. The maximum Gasteiger partial charge on any atom is 0.246 e. The highest BCUT2D eigenvalue weighted by Gasteiger charge is 2.48. The molecule has 0 radical (unpaired) electrons. The van der Waals surface area contributed by atoms with E-state index in [0.717, 1.165) is 37.8 Å². The number of nitrogens with one attached hydrogen (secondary N) is 1. The third-order valence-electron chi connectivity index (χ3n) is 7.06. The third-order valence-corrected chi connectivity index (χ3v) is 7.55.